The minimum absolute atomic E-state index is 0.0962. The molecule has 0 amide bonds. The van der Waals surface area contributed by atoms with Crippen LogP contribution in [-0.4, -0.2) is 42.2 Å². The molecule has 0 spiro atoms. The number of nitrogens with one attached hydrogen (secondary N) is 2. The molecule has 118 valence electrons. The van der Waals surface area contributed by atoms with Gasteiger partial charge in [-0.25, -0.2) is 21.6 Å². The molecule has 1 aliphatic heterocycles. The molecule has 1 aromatic carbocycles. The number of sulfonamides is 1. The van der Waals surface area contributed by atoms with Crippen LogP contribution < -0.4 is 10.0 Å². The van der Waals surface area contributed by atoms with Crippen LogP contribution in [0.2, 0.25) is 0 Å². The maximum Gasteiger partial charge on any atom is 0.241 e. The van der Waals surface area contributed by atoms with Crippen molar-refractivity contribution in [2.24, 2.45) is 0 Å². The van der Waals surface area contributed by atoms with Crippen LogP contribution in [0.1, 0.15) is 19.3 Å². The lowest BCUT2D eigenvalue weighted by atomic mass is 10.1. The Kier molecular flexibility index (Phi) is 5.03. The van der Waals surface area contributed by atoms with Crippen LogP contribution in [0.15, 0.2) is 34.1 Å². The number of rotatable bonds is 5. The summed E-state index contributed by atoms with van der Waals surface area (Å²) in [5.41, 5.74) is 0. The van der Waals surface area contributed by atoms with Gasteiger partial charge in [-0.15, -0.1) is 0 Å². The van der Waals surface area contributed by atoms with Crippen LogP contribution in [0, 0.1) is 0 Å². The molecule has 0 saturated carbocycles. The summed E-state index contributed by atoms with van der Waals surface area (Å²) >= 11 is 0. The van der Waals surface area contributed by atoms with Gasteiger partial charge in [-0.05, 0) is 31.5 Å². The van der Waals surface area contributed by atoms with E-state index in [1.54, 1.807) is 0 Å². The Balaban J connectivity index is 2.20. The normalized spacial score (nSPS) is 20.3. The van der Waals surface area contributed by atoms with E-state index in [0.29, 0.717) is 0 Å². The van der Waals surface area contributed by atoms with E-state index in [1.165, 1.54) is 24.3 Å². The van der Waals surface area contributed by atoms with Gasteiger partial charge in [0.2, 0.25) is 10.0 Å². The molecule has 1 saturated heterocycles. The largest absolute Gasteiger partial charge is 0.313 e. The molecule has 0 aliphatic carbocycles. The van der Waals surface area contributed by atoms with Crippen LogP contribution in [0.3, 0.4) is 0 Å². The molecular formula is C13H20N2O4S2. The minimum atomic E-state index is -3.84. The van der Waals surface area contributed by atoms with E-state index in [1.807, 2.05) is 0 Å². The van der Waals surface area contributed by atoms with Gasteiger partial charge in [0.15, 0.2) is 9.84 Å². The van der Waals surface area contributed by atoms with Crippen molar-refractivity contribution in [2.45, 2.75) is 35.1 Å². The van der Waals surface area contributed by atoms with Gasteiger partial charge in [0, 0.05) is 18.8 Å². The quantitative estimate of drug-likeness (QED) is 0.820. The van der Waals surface area contributed by atoms with Gasteiger partial charge in [-0.3, -0.25) is 0 Å². The average molecular weight is 332 g/mol. The highest BCUT2D eigenvalue weighted by Crippen LogP contribution is 2.20. The molecule has 2 rings (SSSR count). The van der Waals surface area contributed by atoms with Gasteiger partial charge in [0.25, 0.3) is 0 Å². The van der Waals surface area contributed by atoms with E-state index in [2.05, 4.69) is 10.0 Å². The Morgan fingerprint density at radius 2 is 1.81 bits per heavy atom. The molecule has 0 bridgehead atoms. The molecule has 2 N–H and O–H groups in total. The number of benzene rings is 1. The van der Waals surface area contributed by atoms with Gasteiger partial charge in [-0.1, -0.05) is 18.6 Å². The van der Waals surface area contributed by atoms with Crippen LogP contribution >= 0.6 is 0 Å². The van der Waals surface area contributed by atoms with Gasteiger partial charge in [0.1, 0.15) is 4.90 Å². The summed E-state index contributed by atoms with van der Waals surface area (Å²) in [5, 5.41) is 3.24. The zero-order chi connectivity index (χ0) is 15.5. The Hall–Kier alpha value is -0.960. The molecule has 1 aliphatic rings. The van der Waals surface area contributed by atoms with E-state index in [4.69, 9.17) is 0 Å². The van der Waals surface area contributed by atoms with E-state index in [-0.39, 0.29) is 22.4 Å². The van der Waals surface area contributed by atoms with Crippen molar-refractivity contribution in [1.29, 1.82) is 0 Å². The van der Waals surface area contributed by atoms with Crippen molar-refractivity contribution < 1.29 is 16.8 Å². The molecule has 1 atom stereocenters. The van der Waals surface area contributed by atoms with Crippen molar-refractivity contribution in [3.05, 3.63) is 24.3 Å². The fourth-order valence-electron chi connectivity index (χ4n) is 2.36. The summed E-state index contributed by atoms with van der Waals surface area (Å²) in [6.07, 6.45) is 4.08. The highest BCUT2D eigenvalue weighted by molar-refractivity contribution is 7.93. The van der Waals surface area contributed by atoms with E-state index < -0.39 is 19.9 Å². The lowest BCUT2D eigenvalue weighted by Crippen LogP contribution is -2.43. The summed E-state index contributed by atoms with van der Waals surface area (Å²) in [5.74, 6) is 0. The van der Waals surface area contributed by atoms with Crippen LogP contribution in [-0.2, 0) is 19.9 Å². The van der Waals surface area contributed by atoms with Crippen molar-refractivity contribution >= 4 is 19.9 Å². The van der Waals surface area contributed by atoms with Crippen molar-refractivity contribution in [2.75, 3.05) is 19.3 Å². The third-order valence-corrected chi connectivity index (χ3v) is 6.24. The zero-order valence-electron chi connectivity index (χ0n) is 11.9. The summed E-state index contributed by atoms with van der Waals surface area (Å²) in [6, 6.07) is 5.75. The van der Waals surface area contributed by atoms with E-state index >= 15 is 0 Å². The number of sulfone groups is 1. The topological polar surface area (TPSA) is 92.3 Å². The first-order chi connectivity index (χ1) is 9.81. The second kappa shape index (κ2) is 6.43. The van der Waals surface area contributed by atoms with Crippen molar-refractivity contribution in [1.82, 2.24) is 10.0 Å². The van der Waals surface area contributed by atoms with Gasteiger partial charge >= 0.3 is 0 Å². The highest BCUT2D eigenvalue weighted by atomic mass is 32.2. The Bertz CT molecular complexity index is 693. The molecule has 21 heavy (non-hydrogen) atoms. The molecule has 1 heterocycles. The molecule has 8 heteroatoms. The molecular weight excluding hydrogens is 312 g/mol. The maximum atomic E-state index is 12.3. The average Bonchev–Trinajstić information content (AvgIpc) is 2.45. The minimum Gasteiger partial charge on any atom is -0.313 e. The molecule has 1 fully saturated rings. The Labute approximate surface area is 125 Å². The first-order valence-electron chi connectivity index (χ1n) is 6.83. The zero-order valence-corrected chi connectivity index (χ0v) is 13.5. The van der Waals surface area contributed by atoms with Crippen LogP contribution in [0.25, 0.3) is 0 Å². The van der Waals surface area contributed by atoms with E-state index in [0.717, 1.165) is 32.1 Å². The molecule has 1 unspecified atom stereocenters. The number of hydrogen-bond acceptors (Lipinski definition) is 5. The second-order valence-corrected chi connectivity index (χ2v) is 8.94. The predicted octanol–water partition coefficient (Wildman–Crippen LogP) is 0.511. The summed E-state index contributed by atoms with van der Waals surface area (Å²) in [6.45, 7) is 1.15. The molecule has 0 radical (unpaired) electrons. The fourth-order valence-corrected chi connectivity index (χ4v) is 5.07. The SMILES string of the molecule is CS(=O)(=O)c1ccccc1S(=O)(=O)NCC1CCCCN1. The molecule has 1 aromatic rings. The lowest BCUT2D eigenvalue weighted by molar-refractivity contribution is 0.398. The lowest BCUT2D eigenvalue weighted by Gasteiger charge is -2.23. The maximum absolute atomic E-state index is 12.3. The van der Waals surface area contributed by atoms with E-state index in [9.17, 15) is 16.8 Å². The first kappa shape index (κ1) is 16.4. The second-order valence-electron chi connectivity index (χ2n) is 5.22. The van der Waals surface area contributed by atoms with Crippen molar-refractivity contribution in [3.63, 3.8) is 0 Å². The third kappa shape index (κ3) is 4.26. The number of piperidine rings is 1. The monoisotopic (exact) mass is 332 g/mol. The van der Waals surface area contributed by atoms with Crippen LogP contribution in [0.5, 0.6) is 0 Å². The standard InChI is InChI=1S/C13H20N2O4S2/c1-20(16,17)12-7-2-3-8-13(12)21(18,19)15-10-11-6-4-5-9-14-11/h2-3,7-8,11,14-15H,4-6,9-10H2,1H3. The fraction of sp³-hybridized carbons (Fsp3) is 0.538. The summed E-state index contributed by atoms with van der Waals surface area (Å²) in [7, 11) is -7.44. The first-order valence-corrected chi connectivity index (χ1v) is 10.2. The van der Waals surface area contributed by atoms with Gasteiger partial charge in [-0.2, -0.15) is 0 Å². The molecule has 0 aromatic heterocycles. The highest BCUT2D eigenvalue weighted by Gasteiger charge is 2.24. The summed E-state index contributed by atoms with van der Waals surface area (Å²) < 4.78 is 50.6. The Morgan fingerprint density at radius 3 is 2.38 bits per heavy atom. The van der Waals surface area contributed by atoms with Crippen molar-refractivity contribution in [3.8, 4) is 0 Å². The van der Waals surface area contributed by atoms with Gasteiger partial charge in [0.05, 0.1) is 4.90 Å². The summed E-state index contributed by atoms with van der Waals surface area (Å²) in [4.78, 5) is -0.364. The molecule has 6 nitrogen and oxygen atoms in total. The number of hydrogen-bond donors (Lipinski definition) is 2. The predicted molar refractivity (Wildman–Crippen MR) is 80.4 cm³/mol. The third-order valence-electron chi connectivity index (χ3n) is 3.47. The smallest absolute Gasteiger partial charge is 0.241 e. The van der Waals surface area contributed by atoms with Crippen LogP contribution in [0.4, 0.5) is 0 Å². The Morgan fingerprint density at radius 1 is 1.14 bits per heavy atom. The van der Waals surface area contributed by atoms with Gasteiger partial charge < -0.3 is 5.32 Å².